The van der Waals surface area contributed by atoms with Gasteiger partial charge in [0, 0.05) is 17.6 Å². The molecule has 0 aliphatic heterocycles. The van der Waals surface area contributed by atoms with Crippen LogP contribution in [0.4, 0.5) is 17.1 Å². The molecule has 4 N–H and O–H groups in total. The molecule has 2 rings (SSSR count). The summed E-state index contributed by atoms with van der Waals surface area (Å²) >= 11 is 5.90. The second-order valence-corrected chi connectivity index (χ2v) is 5.23. The topological polar surface area (TPSA) is 90.9 Å². The maximum atomic E-state index is 12.1. The second-order valence-electron chi connectivity index (χ2n) is 4.82. The molecular weight excluding hydrogens is 312 g/mol. The molecule has 5 nitrogen and oxygen atoms in total. The number of nitriles is 1. The van der Waals surface area contributed by atoms with Gasteiger partial charge in [-0.1, -0.05) is 29.8 Å². The number of amides is 1. The predicted octanol–water partition coefficient (Wildman–Crippen LogP) is 3.69. The highest BCUT2D eigenvalue weighted by molar-refractivity contribution is 6.33. The van der Waals surface area contributed by atoms with Crippen LogP contribution >= 0.6 is 11.6 Å². The molecule has 0 atom stereocenters. The summed E-state index contributed by atoms with van der Waals surface area (Å²) in [6.45, 7) is 1.93. The van der Waals surface area contributed by atoms with Crippen molar-refractivity contribution in [2.24, 2.45) is 0 Å². The Hall–Kier alpha value is -2.97. The van der Waals surface area contributed by atoms with Crippen LogP contribution in [0, 0.1) is 18.3 Å². The lowest BCUT2D eigenvalue weighted by molar-refractivity contribution is -0.112. The minimum Gasteiger partial charge on any atom is -0.398 e. The van der Waals surface area contributed by atoms with E-state index in [9.17, 15) is 4.79 Å². The third-order valence-electron chi connectivity index (χ3n) is 3.14. The van der Waals surface area contributed by atoms with E-state index in [2.05, 4.69) is 10.6 Å². The summed E-state index contributed by atoms with van der Waals surface area (Å²) in [5.74, 6) is -0.533. The molecular formula is C17H15ClN4O. The first-order chi connectivity index (χ1) is 11.0. The summed E-state index contributed by atoms with van der Waals surface area (Å²) < 4.78 is 0. The van der Waals surface area contributed by atoms with Gasteiger partial charge in [-0.25, -0.2) is 0 Å². The Morgan fingerprint density at radius 2 is 2.04 bits per heavy atom. The molecule has 0 aliphatic carbocycles. The largest absolute Gasteiger partial charge is 0.398 e. The lowest BCUT2D eigenvalue weighted by Gasteiger charge is -2.07. The molecule has 0 bridgehead atoms. The van der Waals surface area contributed by atoms with E-state index in [1.54, 1.807) is 12.1 Å². The minimum atomic E-state index is -0.533. The SMILES string of the molecule is Cc1ccccc1N/C=C(/C#N)C(=O)Nc1ccc(N)c(Cl)c1. The van der Waals surface area contributed by atoms with Crippen molar-refractivity contribution in [2.75, 3.05) is 16.4 Å². The Morgan fingerprint density at radius 1 is 1.30 bits per heavy atom. The van der Waals surface area contributed by atoms with Crippen molar-refractivity contribution in [2.45, 2.75) is 6.92 Å². The maximum absolute atomic E-state index is 12.1. The number of rotatable bonds is 4. The van der Waals surface area contributed by atoms with Gasteiger partial charge in [0.15, 0.2) is 0 Å². The van der Waals surface area contributed by atoms with Crippen molar-refractivity contribution in [3.8, 4) is 6.07 Å². The van der Waals surface area contributed by atoms with Crippen LogP contribution in [0.3, 0.4) is 0 Å². The van der Waals surface area contributed by atoms with Crippen LogP contribution < -0.4 is 16.4 Å². The van der Waals surface area contributed by atoms with E-state index in [1.165, 1.54) is 12.3 Å². The molecule has 2 aromatic carbocycles. The second kappa shape index (κ2) is 7.34. The molecule has 2 aromatic rings. The Labute approximate surface area is 139 Å². The van der Waals surface area contributed by atoms with E-state index in [4.69, 9.17) is 22.6 Å². The van der Waals surface area contributed by atoms with Crippen molar-refractivity contribution in [1.82, 2.24) is 0 Å². The molecule has 0 radical (unpaired) electrons. The van der Waals surface area contributed by atoms with Crippen molar-refractivity contribution in [1.29, 1.82) is 5.26 Å². The van der Waals surface area contributed by atoms with Crippen molar-refractivity contribution in [3.05, 3.63) is 64.8 Å². The Bertz CT molecular complexity index is 808. The van der Waals surface area contributed by atoms with Crippen molar-refractivity contribution in [3.63, 3.8) is 0 Å². The smallest absolute Gasteiger partial charge is 0.267 e. The van der Waals surface area contributed by atoms with Crippen LogP contribution in [0.25, 0.3) is 0 Å². The van der Waals surface area contributed by atoms with Crippen LogP contribution in [0.5, 0.6) is 0 Å². The van der Waals surface area contributed by atoms with E-state index in [0.29, 0.717) is 16.4 Å². The molecule has 116 valence electrons. The average molecular weight is 327 g/mol. The molecule has 0 spiro atoms. The monoisotopic (exact) mass is 326 g/mol. The fraction of sp³-hybridized carbons (Fsp3) is 0.0588. The van der Waals surface area contributed by atoms with Gasteiger partial charge in [-0.2, -0.15) is 5.26 Å². The highest BCUT2D eigenvalue weighted by atomic mass is 35.5. The molecule has 0 fully saturated rings. The zero-order valence-electron chi connectivity index (χ0n) is 12.4. The van der Waals surface area contributed by atoms with Gasteiger partial charge in [0.1, 0.15) is 11.6 Å². The van der Waals surface area contributed by atoms with Gasteiger partial charge < -0.3 is 16.4 Å². The van der Waals surface area contributed by atoms with Crippen molar-refractivity contribution < 1.29 is 4.79 Å². The van der Waals surface area contributed by atoms with Crippen molar-refractivity contribution >= 4 is 34.6 Å². The standard InChI is InChI=1S/C17H15ClN4O/c1-11-4-2-3-5-16(11)21-10-12(9-19)17(23)22-13-6-7-15(20)14(18)8-13/h2-8,10,21H,20H2,1H3,(H,22,23)/b12-10-. The molecule has 0 unspecified atom stereocenters. The molecule has 0 aromatic heterocycles. The number of nitrogens with zero attached hydrogens (tertiary/aromatic N) is 1. The summed E-state index contributed by atoms with van der Waals surface area (Å²) in [6.07, 6.45) is 1.37. The van der Waals surface area contributed by atoms with Gasteiger partial charge in [-0.15, -0.1) is 0 Å². The first-order valence-corrected chi connectivity index (χ1v) is 7.18. The predicted molar refractivity (Wildman–Crippen MR) is 93.0 cm³/mol. The lowest BCUT2D eigenvalue weighted by Crippen LogP contribution is -2.14. The van der Waals surface area contributed by atoms with Gasteiger partial charge in [-0.05, 0) is 36.8 Å². The van der Waals surface area contributed by atoms with E-state index in [-0.39, 0.29) is 5.57 Å². The third-order valence-corrected chi connectivity index (χ3v) is 3.47. The van der Waals surface area contributed by atoms with Gasteiger partial charge in [-0.3, -0.25) is 4.79 Å². The number of nitrogen functional groups attached to an aromatic ring is 1. The fourth-order valence-electron chi connectivity index (χ4n) is 1.84. The molecule has 6 heteroatoms. The van der Waals surface area contributed by atoms with Crippen LogP contribution in [0.1, 0.15) is 5.56 Å². The summed E-state index contributed by atoms with van der Waals surface area (Å²) in [7, 11) is 0. The number of aryl methyl sites for hydroxylation is 1. The molecule has 0 saturated heterocycles. The number of anilines is 3. The Morgan fingerprint density at radius 3 is 2.70 bits per heavy atom. The summed E-state index contributed by atoms with van der Waals surface area (Å²) in [4.78, 5) is 12.1. The first-order valence-electron chi connectivity index (χ1n) is 6.80. The molecule has 23 heavy (non-hydrogen) atoms. The van der Waals surface area contributed by atoms with Gasteiger partial charge in [0.2, 0.25) is 0 Å². The fourth-order valence-corrected chi connectivity index (χ4v) is 2.02. The number of halogens is 1. The van der Waals surface area contributed by atoms with Crippen LogP contribution in [-0.2, 0) is 4.79 Å². The number of carbonyl (C=O) groups excluding carboxylic acids is 1. The van der Waals surface area contributed by atoms with E-state index < -0.39 is 5.91 Å². The van der Waals surface area contributed by atoms with Crippen LogP contribution in [-0.4, -0.2) is 5.91 Å². The lowest BCUT2D eigenvalue weighted by atomic mass is 10.2. The maximum Gasteiger partial charge on any atom is 0.267 e. The first kappa shape index (κ1) is 16.4. The highest BCUT2D eigenvalue weighted by Gasteiger charge is 2.10. The summed E-state index contributed by atoms with van der Waals surface area (Å²) in [6, 6.07) is 14.2. The number of para-hydroxylation sites is 1. The zero-order chi connectivity index (χ0) is 16.8. The Balaban J connectivity index is 2.12. The number of hydrogen-bond acceptors (Lipinski definition) is 4. The number of hydrogen-bond donors (Lipinski definition) is 3. The molecule has 0 heterocycles. The molecule has 0 saturated carbocycles. The normalized spacial score (nSPS) is 10.7. The number of nitrogens with two attached hydrogens (primary N) is 1. The zero-order valence-corrected chi connectivity index (χ0v) is 13.2. The molecule has 0 aliphatic rings. The van der Waals surface area contributed by atoms with Crippen LogP contribution in [0.2, 0.25) is 5.02 Å². The number of benzene rings is 2. The van der Waals surface area contributed by atoms with Crippen LogP contribution in [0.15, 0.2) is 54.2 Å². The highest BCUT2D eigenvalue weighted by Crippen LogP contribution is 2.23. The minimum absolute atomic E-state index is 0.0544. The molecule has 1 amide bonds. The third kappa shape index (κ3) is 4.25. The van der Waals surface area contributed by atoms with Gasteiger partial charge >= 0.3 is 0 Å². The van der Waals surface area contributed by atoms with Gasteiger partial charge in [0.25, 0.3) is 5.91 Å². The summed E-state index contributed by atoms with van der Waals surface area (Å²) in [5, 5.41) is 15.1. The van der Waals surface area contributed by atoms with E-state index >= 15 is 0 Å². The van der Waals surface area contributed by atoms with E-state index in [1.807, 2.05) is 37.3 Å². The average Bonchev–Trinajstić information content (AvgIpc) is 2.53. The van der Waals surface area contributed by atoms with Gasteiger partial charge in [0.05, 0.1) is 10.7 Å². The Kier molecular flexibility index (Phi) is 5.23. The number of nitrogens with one attached hydrogen (secondary N) is 2. The van der Waals surface area contributed by atoms with E-state index in [0.717, 1.165) is 11.3 Å². The quantitative estimate of drug-likeness (QED) is 0.454. The number of carbonyl (C=O) groups is 1. The summed E-state index contributed by atoms with van der Waals surface area (Å²) in [5.41, 5.74) is 8.27.